The third-order valence-corrected chi connectivity index (χ3v) is 7.50. The topological polar surface area (TPSA) is 184 Å². The monoisotopic (exact) mass is 775 g/mol. The third-order valence-electron chi connectivity index (χ3n) is 7.50. The number of benzene rings is 2. The summed E-state index contributed by atoms with van der Waals surface area (Å²) in [6.45, 7) is 13.4. The van der Waals surface area contributed by atoms with Crippen LogP contribution in [0, 0.1) is 12.3 Å². The second-order valence-corrected chi connectivity index (χ2v) is 14.7. The van der Waals surface area contributed by atoms with Gasteiger partial charge in [0.15, 0.2) is 0 Å². The minimum absolute atomic E-state index is 0.0911. The number of alkyl carbamates (subject to hydrolysis) is 2. The zero-order valence-corrected chi connectivity index (χ0v) is 32.3. The van der Waals surface area contributed by atoms with Crippen molar-refractivity contribution in [3.63, 3.8) is 0 Å². The number of aromatic nitrogens is 2. The van der Waals surface area contributed by atoms with E-state index in [1.54, 1.807) is 112 Å². The molecule has 0 radical (unpaired) electrons. The molecule has 14 nitrogen and oxygen atoms in total. The van der Waals surface area contributed by atoms with Gasteiger partial charge in [0.2, 0.25) is 5.62 Å². The van der Waals surface area contributed by atoms with E-state index in [4.69, 9.17) is 30.1 Å². The fraction of sp³-hybridized carbons (Fsp3) is 0.500. The van der Waals surface area contributed by atoms with Gasteiger partial charge < -0.3 is 39.1 Å². The van der Waals surface area contributed by atoms with Gasteiger partial charge in [0.25, 0.3) is 0 Å². The van der Waals surface area contributed by atoms with Crippen molar-refractivity contribution in [3.8, 4) is 11.5 Å². The van der Waals surface area contributed by atoms with Crippen molar-refractivity contribution in [1.82, 2.24) is 19.8 Å². The van der Waals surface area contributed by atoms with E-state index in [1.165, 1.54) is 0 Å². The number of rotatable bonds is 15. The molecule has 3 aromatic rings. The number of unbranched alkanes of at least 4 members (excludes halogenated alkanes) is 2. The Labute approximate surface area is 318 Å². The van der Waals surface area contributed by atoms with Crippen molar-refractivity contribution < 1.29 is 46.5 Å². The van der Waals surface area contributed by atoms with E-state index < -0.39 is 41.6 Å². The lowest BCUT2D eigenvalue weighted by Crippen LogP contribution is -2.38. The smallest absolute Gasteiger partial charge is 0.473 e. The van der Waals surface area contributed by atoms with E-state index in [9.17, 15) is 27.6 Å². The number of imidazole rings is 1. The largest absolute Gasteiger partial charge is 0.494 e. The Morgan fingerprint density at radius 1 is 0.800 bits per heavy atom. The van der Waals surface area contributed by atoms with Gasteiger partial charge in [-0.1, -0.05) is 12.1 Å². The first kappa shape index (κ1) is 44.1. The molecule has 1 unspecified atom stereocenters. The average Bonchev–Trinajstić information content (AvgIpc) is 3.35. The van der Waals surface area contributed by atoms with Crippen molar-refractivity contribution in [2.45, 2.75) is 111 Å². The molecule has 0 aliphatic carbocycles. The molecule has 2 aromatic carbocycles. The normalized spacial score (nSPS) is 12.8. The van der Waals surface area contributed by atoms with Crippen LogP contribution in [-0.4, -0.2) is 63.7 Å². The number of hydrogen-bond donors (Lipinski definition) is 4. The van der Waals surface area contributed by atoms with E-state index in [0.29, 0.717) is 80.3 Å². The van der Waals surface area contributed by atoms with Gasteiger partial charge in [0.05, 0.1) is 13.2 Å². The number of nitrogens with zero attached hydrogens (tertiary/aromatic N) is 3. The number of amidine groups is 1. The molecular weight excluding hydrogens is 723 g/mol. The molecule has 1 atom stereocenters. The van der Waals surface area contributed by atoms with Crippen LogP contribution in [0.4, 0.5) is 22.8 Å². The number of nitrogens with two attached hydrogens (primary N) is 1. The van der Waals surface area contributed by atoms with Crippen LogP contribution in [0.1, 0.15) is 90.2 Å². The molecule has 0 aliphatic heterocycles. The van der Waals surface area contributed by atoms with E-state index in [2.05, 4.69) is 15.6 Å². The van der Waals surface area contributed by atoms with Crippen LogP contribution in [0.5, 0.6) is 11.5 Å². The van der Waals surface area contributed by atoms with Gasteiger partial charge in [-0.05, 0) is 116 Å². The molecule has 55 heavy (non-hydrogen) atoms. The maximum Gasteiger partial charge on any atom is 0.473 e. The van der Waals surface area contributed by atoms with Gasteiger partial charge in [-0.15, -0.1) is 0 Å². The number of halogens is 3. The molecule has 3 rings (SSSR count). The first-order valence-corrected chi connectivity index (χ1v) is 17.8. The number of carbonyl (C=O) groups excluding carboxylic acids is 3. The number of hydrogen-bond acceptors (Lipinski definition) is 9. The van der Waals surface area contributed by atoms with Crippen LogP contribution in [0.2, 0.25) is 0 Å². The predicted octanol–water partition coefficient (Wildman–Crippen LogP) is 6.64. The lowest BCUT2D eigenvalue weighted by Gasteiger charge is -2.22. The Kier molecular flexibility index (Phi) is 15.5. The number of carbonyl (C=O) groups is 3. The van der Waals surface area contributed by atoms with Crippen LogP contribution in [0.15, 0.2) is 59.7 Å². The van der Waals surface area contributed by atoms with E-state index in [-0.39, 0.29) is 11.5 Å². The van der Waals surface area contributed by atoms with Gasteiger partial charge in [-0.2, -0.15) is 18.2 Å². The van der Waals surface area contributed by atoms with Crippen molar-refractivity contribution >= 4 is 23.9 Å². The summed E-state index contributed by atoms with van der Waals surface area (Å²) in [5.74, 6) is -1.20. The van der Waals surface area contributed by atoms with Crippen LogP contribution >= 0.6 is 0 Å². The molecule has 0 bridgehead atoms. The zero-order chi connectivity index (χ0) is 41.0. The lowest BCUT2D eigenvalue weighted by atomic mass is 10.1. The van der Waals surface area contributed by atoms with Gasteiger partial charge >= 0.3 is 24.3 Å². The number of amides is 3. The van der Waals surface area contributed by atoms with Gasteiger partial charge in [0, 0.05) is 30.5 Å². The van der Waals surface area contributed by atoms with E-state index in [0.717, 1.165) is 0 Å². The fourth-order valence-corrected chi connectivity index (χ4v) is 5.01. The third kappa shape index (κ3) is 15.5. The summed E-state index contributed by atoms with van der Waals surface area (Å²) in [7, 11) is 0. The average molecular weight is 776 g/mol. The summed E-state index contributed by atoms with van der Waals surface area (Å²) in [5, 5.41) is 13.0. The van der Waals surface area contributed by atoms with Gasteiger partial charge in [-0.3, -0.25) is 15.5 Å². The molecule has 1 aromatic heterocycles. The Morgan fingerprint density at radius 3 is 1.84 bits per heavy atom. The Morgan fingerprint density at radius 2 is 1.31 bits per heavy atom. The summed E-state index contributed by atoms with van der Waals surface area (Å²) in [6.07, 6.45) is -3.43. The minimum Gasteiger partial charge on any atom is -0.494 e. The van der Waals surface area contributed by atoms with Gasteiger partial charge in [-0.25, -0.2) is 9.59 Å². The number of nitrogens with one attached hydrogen (secondary N) is 3. The molecular formula is C38H52F3N7O7. The van der Waals surface area contributed by atoms with Crippen molar-refractivity contribution in [2.24, 2.45) is 10.7 Å². The summed E-state index contributed by atoms with van der Waals surface area (Å²) >= 11 is 0. The maximum atomic E-state index is 13.2. The van der Waals surface area contributed by atoms with Gasteiger partial charge in [0.1, 0.15) is 34.7 Å². The lowest BCUT2D eigenvalue weighted by molar-refractivity contribution is -0.169. The van der Waals surface area contributed by atoms with Crippen molar-refractivity contribution in [3.05, 3.63) is 77.2 Å². The zero-order valence-electron chi connectivity index (χ0n) is 32.3. The Balaban J connectivity index is 1.51. The highest BCUT2D eigenvalue weighted by molar-refractivity contribution is 6.04. The van der Waals surface area contributed by atoms with Crippen molar-refractivity contribution in [1.29, 1.82) is 5.41 Å². The van der Waals surface area contributed by atoms with Crippen LogP contribution in [0.25, 0.3) is 0 Å². The number of alkyl halides is 3. The second-order valence-electron chi connectivity index (χ2n) is 14.7. The first-order chi connectivity index (χ1) is 25.6. The summed E-state index contributed by atoms with van der Waals surface area (Å²) in [4.78, 5) is 39.3. The molecule has 302 valence electrons. The highest BCUT2D eigenvalue weighted by atomic mass is 19.4. The quantitative estimate of drug-likeness (QED) is 0.0573. The predicted molar refractivity (Wildman–Crippen MR) is 199 cm³/mol. The number of aryl methyl sites for hydroxylation is 2. The SMILES string of the molecule is Cc1cn(CCCCOc2ccc(C(N)NC(=O)OC(C)(C)C)cc2)/c(=N\C(=O)C(F)(F)F)n1CCCCOc1ccc(C(=N)NC(=O)OC(C)(C)C)cc1. The molecule has 5 N–H and O–H groups in total. The van der Waals surface area contributed by atoms with E-state index >= 15 is 0 Å². The number of ether oxygens (including phenoxy) is 4. The minimum atomic E-state index is -5.12. The summed E-state index contributed by atoms with van der Waals surface area (Å²) in [6, 6.07) is 13.4. The molecule has 3 amide bonds. The molecule has 0 spiro atoms. The maximum absolute atomic E-state index is 13.2. The summed E-state index contributed by atoms with van der Waals surface area (Å²) < 4.78 is 64.8. The highest BCUT2D eigenvalue weighted by Crippen LogP contribution is 2.18. The molecule has 0 saturated carbocycles. The van der Waals surface area contributed by atoms with Crippen molar-refractivity contribution in [2.75, 3.05) is 13.2 Å². The van der Waals surface area contributed by atoms with Crippen LogP contribution < -0.4 is 31.5 Å². The standard InChI is InChI=1S/C38H52F3N7O7/c1-25-24-47(20-8-10-22-52-28-16-12-26(13-17-28)30(42)44-34(50)54-36(2,3)4)33(46-32(49)38(39,40)41)48(25)21-9-11-23-53-29-18-14-27(15-19-29)31(43)45-35(51)55-37(5,6)7/h12-19,24,30H,8-11,20-23,42H2,1-7H3,(H,44,50)(H2,43,45,51)/b46-33+. The molecule has 0 fully saturated rings. The van der Waals surface area contributed by atoms with Crippen LogP contribution in [0.3, 0.4) is 0 Å². The Hall–Kier alpha value is -5.32. The Bertz CT molecular complexity index is 1820. The summed E-state index contributed by atoms with van der Waals surface area (Å²) in [5.41, 5.74) is 6.36. The molecule has 0 saturated heterocycles. The molecule has 1 heterocycles. The molecule has 17 heteroatoms. The van der Waals surface area contributed by atoms with Crippen LogP contribution in [-0.2, 0) is 27.4 Å². The first-order valence-electron chi connectivity index (χ1n) is 17.8. The second kappa shape index (κ2) is 19.3. The highest BCUT2D eigenvalue weighted by Gasteiger charge is 2.39. The molecule has 0 aliphatic rings. The van der Waals surface area contributed by atoms with E-state index in [1.807, 2.05) is 0 Å². The fourth-order valence-electron chi connectivity index (χ4n) is 5.01.